The fraction of sp³-hybridized carbons (Fsp3) is 0.0769. The molecule has 0 bridgehead atoms. The lowest BCUT2D eigenvalue weighted by Crippen LogP contribution is -2.04. The molecule has 1 aromatic heterocycles. The maximum absolute atomic E-state index is 12.2. The fourth-order valence-corrected chi connectivity index (χ4v) is 2.01. The summed E-state index contributed by atoms with van der Waals surface area (Å²) in [5.41, 5.74) is 2.12. The molecule has 0 aliphatic carbocycles. The SMILES string of the molecule is Cc1ccncc1C(=O)c1ccc(I)c(Cl)c1. The van der Waals surface area contributed by atoms with Crippen molar-refractivity contribution in [2.75, 3.05) is 0 Å². The second kappa shape index (κ2) is 5.14. The standard InChI is InChI=1S/C13H9ClINO/c1-8-4-5-16-7-10(8)13(17)9-2-3-12(15)11(14)6-9/h2-7H,1H3. The zero-order valence-corrected chi connectivity index (χ0v) is 12.0. The Morgan fingerprint density at radius 1 is 1.35 bits per heavy atom. The van der Waals surface area contributed by atoms with Gasteiger partial charge in [0.1, 0.15) is 0 Å². The first-order valence-electron chi connectivity index (χ1n) is 5.00. The first kappa shape index (κ1) is 12.5. The minimum Gasteiger partial charge on any atom is -0.289 e. The van der Waals surface area contributed by atoms with Crippen LogP contribution < -0.4 is 0 Å². The van der Waals surface area contributed by atoms with E-state index in [1.165, 1.54) is 0 Å². The van der Waals surface area contributed by atoms with E-state index in [-0.39, 0.29) is 5.78 Å². The molecule has 0 unspecified atom stereocenters. The van der Waals surface area contributed by atoms with E-state index < -0.39 is 0 Å². The number of halogens is 2. The lowest BCUT2D eigenvalue weighted by atomic mass is 10.0. The Morgan fingerprint density at radius 2 is 2.12 bits per heavy atom. The van der Waals surface area contributed by atoms with Crippen LogP contribution in [-0.2, 0) is 0 Å². The van der Waals surface area contributed by atoms with E-state index in [1.807, 2.05) is 19.1 Å². The van der Waals surface area contributed by atoms with Crippen molar-refractivity contribution in [1.29, 1.82) is 0 Å². The average molecular weight is 358 g/mol. The number of nitrogens with zero attached hydrogens (tertiary/aromatic N) is 1. The van der Waals surface area contributed by atoms with Gasteiger partial charge in [0.05, 0.1) is 5.02 Å². The molecule has 0 atom stereocenters. The van der Waals surface area contributed by atoms with Gasteiger partial charge in [-0.25, -0.2) is 0 Å². The first-order chi connectivity index (χ1) is 8.09. The molecule has 1 heterocycles. The second-order valence-corrected chi connectivity index (χ2v) is 5.22. The van der Waals surface area contributed by atoms with Gasteiger partial charge in [-0.3, -0.25) is 9.78 Å². The normalized spacial score (nSPS) is 10.3. The van der Waals surface area contributed by atoms with Crippen LogP contribution in [-0.4, -0.2) is 10.8 Å². The molecule has 2 nitrogen and oxygen atoms in total. The number of rotatable bonds is 2. The van der Waals surface area contributed by atoms with Crippen LogP contribution in [0.5, 0.6) is 0 Å². The van der Waals surface area contributed by atoms with Crippen LogP contribution in [0.25, 0.3) is 0 Å². The zero-order chi connectivity index (χ0) is 12.4. The van der Waals surface area contributed by atoms with E-state index in [1.54, 1.807) is 24.5 Å². The summed E-state index contributed by atoms with van der Waals surface area (Å²) in [4.78, 5) is 16.2. The molecule has 0 radical (unpaired) electrons. The summed E-state index contributed by atoms with van der Waals surface area (Å²) in [7, 11) is 0. The summed E-state index contributed by atoms with van der Waals surface area (Å²) in [6.07, 6.45) is 3.26. The number of aryl methyl sites for hydroxylation is 1. The molecule has 0 aliphatic heterocycles. The van der Waals surface area contributed by atoms with Gasteiger partial charge in [0, 0.05) is 27.1 Å². The number of carbonyl (C=O) groups is 1. The van der Waals surface area contributed by atoms with Gasteiger partial charge < -0.3 is 0 Å². The molecule has 0 fully saturated rings. The van der Waals surface area contributed by atoms with E-state index in [0.717, 1.165) is 9.13 Å². The minimum absolute atomic E-state index is 0.0473. The monoisotopic (exact) mass is 357 g/mol. The van der Waals surface area contributed by atoms with Gasteiger partial charge in [0.2, 0.25) is 0 Å². The number of hydrogen-bond acceptors (Lipinski definition) is 2. The predicted molar refractivity (Wildman–Crippen MR) is 76.6 cm³/mol. The van der Waals surface area contributed by atoms with Crippen LogP contribution in [0.3, 0.4) is 0 Å². The molecule has 0 amide bonds. The van der Waals surface area contributed by atoms with E-state index in [0.29, 0.717) is 16.1 Å². The van der Waals surface area contributed by atoms with E-state index >= 15 is 0 Å². The summed E-state index contributed by atoms with van der Waals surface area (Å²) < 4.78 is 0.934. The van der Waals surface area contributed by atoms with Gasteiger partial charge in [0.15, 0.2) is 5.78 Å². The number of hydrogen-bond donors (Lipinski definition) is 0. The van der Waals surface area contributed by atoms with Crippen molar-refractivity contribution in [2.24, 2.45) is 0 Å². The van der Waals surface area contributed by atoms with Crippen LogP contribution in [0.2, 0.25) is 5.02 Å². The van der Waals surface area contributed by atoms with Crippen molar-refractivity contribution >= 4 is 40.0 Å². The Hall–Kier alpha value is -0.940. The van der Waals surface area contributed by atoms with Gasteiger partial charge in [-0.15, -0.1) is 0 Å². The molecular formula is C13H9ClINO. The molecule has 17 heavy (non-hydrogen) atoms. The Bertz CT molecular complexity index is 583. The molecule has 1 aromatic carbocycles. The predicted octanol–water partition coefficient (Wildman–Crippen LogP) is 3.88. The first-order valence-corrected chi connectivity index (χ1v) is 6.45. The largest absolute Gasteiger partial charge is 0.289 e. The van der Waals surface area contributed by atoms with E-state index in [2.05, 4.69) is 27.6 Å². The molecular weight excluding hydrogens is 349 g/mol. The van der Waals surface area contributed by atoms with Gasteiger partial charge >= 0.3 is 0 Å². The number of ketones is 1. The summed E-state index contributed by atoms with van der Waals surface area (Å²) in [5, 5.41) is 0.595. The Morgan fingerprint density at radius 3 is 2.76 bits per heavy atom. The van der Waals surface area contributed by atoms with Crippen LogP contribution in [0.4, 0.5) is 0 Å². The van der Waals surface area contributed by atoms with Crippen LogP contribution in [0, 0.1) is 10.5 Å². The van der Waals surface area contributed by atoms with Crippen molar-refractivity contribution < 1.29 is 4.79 Å². The van der Waals surface area contributed by atoms with Crippen LogP contribution in [0.1, 0.15) is 21.5 Å². The smallest absolute Gasteiger partial charge is 0.194 e. The Balaban J connectivity index is 2.44. The Kier molecular flexibility index (Phi) is 3.79. The van der Waals surface area contributed by atoms with Crippen LogP contribution in [0.15, 0.2) is 36.7 Å². The minimum atomic E-state index is -0.0473. The maximum atomic E-state index is 12.2. The maximum Gasteiger partial charge on any atom is 0.194 e. The summed E-state index contributed by atoms with van der Waals surface area (Å²) >= 11 is 8.14. The second-order valence-electron chi connectivity index (χ2n) is 3.65. The zero-order valence-electron chi connectivity index (χ0n) is 9.08. The van der Waals surface area contributed by atoms with Gasteiger partial charge in [-0.2, -0.15) is 0 Å². The highest BCUT2D eigenvalue weighted by molar-refractivity contribution is 14.1. The van der Waals surface area contributed by atoms with Crippen molar-refractivity contribution in [3.05, 3.63) is 61.9 Å². The van der Waals surface area contributed by atoms with Gasteiger partial charge in [0.25, 0.3) is 0 Å². The highest BCUT2D eigenvalue weighted by Crippen LogP contribution is 2.21. The van der Waals surface area contributed by atoms with Gasteiger partial charge in [-0.05, 0) is 59.3 Å². The molecule has 0 saturated heterocycles. The lowest BCUT2D eigenvalue weighted by Gasteiger charge is -2.05. The number of carbonyl (C=O) groups excluding carboxylic acids is 1. The lowest BCUT2D eigenvalue weighted by molar-refractivity contribution is 0.103. The van der Waals surface area contributed by atoms with Crippen molar-refractivity contribution in [3.63, 3.8) is 0 Å². The number of benzene rings is 1. The number of pyridine rings is 1. The third-order valence-electron chi connectivity index (χ3n) is 2.47. The molecule has 0 N–H and O–H groups in total. The summed E-state index contributed by atoms with van der Waals surface area (Å²) in [5.74, 6) is -0.0473. The fourth-order valence-electron chi connectivity index (χ4n) is 1.49. The van der Waals surface area contributed by atoms with E-state index in [9.17, 15) is 4.79 Å². The molecule has 0 saturated carbocycles. The molecule has 2 aromatic rings. The highest BCUT2D eigenvalue weighted by Gasteiger charge is 2.12. The average Bonchev–Trinajstić information content (AvgIpc) is 2.32. The summed E-state index contributed by atoms with van der Waals surface area (Å²) in [6, 6.07) is 7.13. The van der Waals surface area contributed by atoms with Crippen molar-refractivity contribution in [1.82, 2.24) is 4.98 Å². The topological polar surface area (TPSA) is 30.0 Å². The Labute approximate surface area is 118 Å². The molecule has 4 heteroatoms. The molecule has 2 rings (SSSR count). The van der Waals surface area contributed by atoms with Crippen molar-refractivity contribution in [2.45, 2.75) is 6.92 Å². The molecule has 0 aliphatic rings. The summed E-state index contributed by atoms with van der Waals surface area (Å²) in [6.45, 7) is 1.89. The highest BCUT2D eigenvalue weighted by atomic mass is 127. The van der Waals surface area contributed by atoms with Crippen molar-refractivity contribution in [3.8, 4) is 0 Å². The quantitative estimate of drug-likeness (QED) is 0.603. The van der Waals surface area contributed by atoms with Gasteiger partial charge in [-0.1, -0.05) is 11.6 Å². The number of aromatic nitrogens is 1. The third-order valence-corrected chi connectivity index (χ3v) is 4.04. The van der Waals surface area contributed by atoms with Crippen LogP contribution >= 0.6 is 34.2 Å². The molecule has 86 valence electrons. The van der Waals surface area contributed by atoms with E-state index in [4.69, 9.17) is 11.6 Å². The molecule has 0 spiro atoms. The third kappa shape index (κ3) is 2.66.